The predicted molar refractivity (Wildman–Crippen MR) is 84.0 cm³/mol. The highest BCUT2D eigenvalue weighted by Gasteiger charge is 2.59. The van der Waals surface area contributed by atoms with Crippen LogP contribution in [0.25, 0.3) is 0 Å². The normalized spacial score (nSPS) is 21.4. The number of likely N-dealkylation sites (tertiary alicyclic amines) is 1. The van der Waals surface area contributed by atoms with Crippen LogP contribution in [-0.2, 0) is 4.79 Å². The molecule has 0 bridgehead atoms. The molecule has 1 spiro atoms. The van der Waals surface area contributed by atoms with Gasteiger partial charge < -0.3 is 14.7 Å². The highest BCUT2D eigenvalue weighted by Crippen LogP contribution is 2.59. The lowest BCUT2D eigenvalue weighted by atomic mass is 9.90. The average Bonchev–Trinajstić information content (AvgIpc) is 3.34. The number of hydrogen-bond acceptors (Lipinski definition) is 4. The van der Waals surface area contributed by atoms with E-state index in [1.807, 2.05) is 0 Å². The van der Waals surface area contributed by atoms with Crippen LogP contribution in [0, 0.1) is 11.3 Å². The third-order valence-corrected chi connectivity index (χ3v) is 5.25. The first-order valence-electron chi connectivity index (χ1n) is 8.41. The minimum Gasteiger partial charge on any atom is -0.481 e. The van der Waals surface area contributed by atoms with E-state index in [1.165, 1.54) is 12.1 Å². The molecule has 1 unspecified atom stereocenters. The highest BCUT2D eigenvalue weighted by atomic mass is 19.3. The van der Waals surface area contributed by atoms with Gasteiger partial charge in [-0.25, -0.2) is 13.8 Å². The first-order chi connectivity index (χ1) is 12.6. The summed E-state index contributed by atoms with van der Waals surface area (Å²) in [4.78, 5) is 28.8. The monoisotopic (exact) mass is 390 g/mol. The van der Waals surface area contributed by atoms with Crippen molar-refractivity contribution in [3.63, 3.8) is 0 Å². The van der Waals surface area contributed by atoms with Crippen LogP contribution in [-0.4, -0.2) is 58.9 Å². The van der Waals surface area contributed by atoms with E-state index in [0.717, 1.165) is 6.20 Å². The van der Waals surface area contributed by atoms with Gasteiger partial charge in [-0.05, 0) is 30.7 Å². The summed E-state index contributed by atoms with van der Waals surface area (Å²) in [7, 11) is 0. The smallest absolute Gasteiger partial charge is 0.340 e. The maximum atomic E-state index is 12.8. The van der Waals surface area contributed by atoms with Crippen molar-refractivity contribution >= 4 is 11.9 Å². The Balaban J connectivity index is 1.53. The number of nitrogens with zero attached hydrogens (tertiary/aromatic N) is 2. The number of carbonyl (C=O) groups excluding carboxylic acids is 1. The van der Waals surface area contributed by atoms with Crippen molar-refractivity contribution in [1.82, 2.24) is 9.88 Å². The molecule has 1 aromatic heterocycles. The standard InChI is InChI=1S/C17H18F4N2O4/c18-15(19)17(20,21)9-27-12-2-1-10(8-22-12)13(24)23-5-3-16(4-6-23)7-11(16)14(25)26/h1-2,8,11,15H,3-7,9H2,(H,25,26). The fraction of sp³-hybridized carbons (Fsp3) is 0.588. The molecule has 6 nitrogen and oxygen atoms in total. The molecule has 2 fully saturated rings. The molecule has 0 aromatic carbocycles. The van der Waals surface area contributed by atoms with E-state index in [0.29, 0.717) is 32.4 Å². The molecule has 27 heavy (non-hydrogen) atoms. The van der Waals surface area contributed by atoms with Gasteiger partial charge in [0.2, 0.25) is 5.88 Å². The molecule has 0 radical (unpaired) electrons. The van der Waals surface area contributed by atoms with Crippen molar-refractivity contribution < 1.29 is 37.0 Å². The van der Waals surface area contributed by atoms with Crippen molar-refractivity contribution in [3.8, 4) is 5.88 Å². The summed E-state index contributed by atoms with van der Waals surface area (Å²) < 4.78 is 54.4. The number of pyridine rings is 1. The maximum absolute atomic E-state index is 12.8. The number of aromatic nitrogens is 1. The molecule has 1 saturated carbocycles. The third kappa shape index (κ3) is 3.98. The molecule has 2 heterocycles. The Kier molecular flexibility index (Phi) is 5.00. The van der Waals surface area contributed by atoms with Gasteiger partial charge in [-0.1, -0.05) is 0 Å². The van der Waals surface area contributed by atoms with Gasteiger partial charge in [-0.2, -0.15) is 8.78 Å². The van der Waals surface area contributed by atoms with Gasteiger partial charge in [-0.15, -0.1) is 0 Å². The fourth-order valence-corrected chi connectivity index (χ4v) is 3.41. The number of aliphatic carboxylic acids is 1. The Morgan fingerprint density at radius 3 is 2.48 bits per heavy atom. The topological polar surface area (TPSA) is 79.7 Å². The fourth-order valence-electron chi connectivity index (χ4n) is 3.41. The lowest BCUT2D eigenvalue weighted by molar-refractivity contribution is -0.148. The minimum absolute atomic E-state index is 0.200. The molecular formula is C17H18F4N2O4. The van der Waals surface area contributed by atoms with E-state index < -0.39 is 24.9 Å². The number of ether oxygens (including phenoxy) is 1. The number of carboxylic acids is 1. The summed E-state index contributed by atoms with van der Waals surface area (Å²) in [6.07, 6.45) is -0.825. The zero-order valence-corrected chi connectivity index (χ0v) is 14.2. The second-order valence-corrected chi connectivity index (χ2v) is 6.99. The maximum Gasteiger partial charge on any atom is 0.340 e. The lowest BCUT2D eigenvalue weighted by Gasteiger charge is -2.32. The van der Waals surface area contributed by atoms with Crippen molar-refractivity contribution in [3.05, 3.63) is 23.9 Å². The van der Waals surface area contributed by atoms with Gasteiger partial charge in [0.05, 0.1) is 11.5 Å². The number of rotatable bonds is 6. The minimum atomic E-state index is -4.28. The van der Waals surface area contributed by atoms with Crippen LogP contribution in [0.3, 0.4) is 0 Å². The van der Waals surface area contributed by atoms with E-state index in [4.69, 9.17) is 5.11 Å². The molecule has 1 N–H and O–H groups in total. The van der Waals surface area contributed by atoms with Crippen LogP contribution >= 0.6 is 0 Å². The number of piperidine rings is 1. The zero-order valence-electron chi connectivity index (χ0n) is 14.2. The van der Waals surface area contributed by atoms with Gasteiger partial charge in [0.1, 0.15) is 0 Å². The summed E-state index contributed by atoms with van der Waals surface area (Å²) >= 11 is 0. The Labute approximate surface area is 152 Å². The van der Waals surface area contributed by atoms with Crippen LogP contribution in [0.4, 0.5) is 17.6 Å². The SMILES string of the molecule is O=C(O)C1CC12CCN(C(=O)c1ccc(OCC(F)(F)C(F)F)nc1)CC2. The molecular weight excluding hydrogens is 372 g/mol. The summed E-state index contributed by atoms with van der Waals surface area (Å²) in [5.74, 6) is -6.01. The molecule has 10 heteroatoms. The zero-order chi connectivity index (χ0) is 19.8. The molecule has 2 aliphatic rings. The molecule has 1 saturated heterocycles. The molecule has 1 amide bonds. The van der Waals surface area contributed by atoms with E-state index >= 15 is 0 Å². The Bertz CT molecular complexity index is 718. The van der Waals surface area contributed by atoms with Gasteiger partial charge in [-0.3, -0.25) is 9.59 Å². The lowest BCUT2D eigenvalue weighted by Crippen LogP contribution is -2.40. The Hall–Kier alpha value is -2.39. The highest BCUT2D eigenvalue weighted by molar-refractivity contribution is 5.94. The second-order valence-electron chi connectivity index (χ2n) is 6.99. The predicted octanol–water partition coefficient (Wildman–Crippen LogP) is 2.69. The molecule has 1 aliphatic carbocycles. The van der Waals surface area contributed by atoms with Gasteiger partial charge in [0, 0.05) is 25.4 Å². The number of carboxylic acid groups (broad SMARTS) is 1. The molecule has 1 atom stereocenters. The van der Waals surface area contributed by atoms with Crippen LogP contribution in [0.1, 0.15) is 29.6 Å². The molecule has 1 aromatic rings. The third-order valence-electron chi connectivity index (χ3n) is 5.25. The molecule has 1 aliphatic heterocycles. The van der Waals surface area contributed by atoms with Gasteiger partial charge in [0.15, 0.2) is 6.61 Å². The van der Waals surface area contributed by atoms with Crippen molar-refractivity contribution in [2.45, 2.75) is 31.6 Å². The Morgan fingerprint density at radius 2 is 2.00 bits per heavy atom. The molecule has 148 valence electrons. The quantitative estimate of drug-likeness (QED) is 0.756. The van der Waals surface area contributed by atoms with Crippen molar-refractivity contribution in [1.29, 1.82) is 0 Å². The van der Waals surface area contributed by atoms with Crippen LogP contribution in [0.5, 0.6) is 5.88 Å². The van der Waals surface area contributed by atoms with Crippen LogP contribution in [0.15, 0.2) is 18.3 Å². The number of carbonyl (C=O) groups is 2. The van der Waals surface area contributed by atoms with E-state index in [9.17, 15) is 27.2 Å². The number of halogens is 4. The second kappa shape index (κ2) is 6.97. The first-order valence-corrected chi connectivity index (χ1v) is 8.41. The Morgan fingerprint density at radius 1 is 1.33 bits per heavy atom. The molecule has 3 rings (SSSR count). The average molecular weight is 390 g/mol. The summed E-state index contributed by atoms with van der Waals surface area (Å²) in [5, 5.41) is 9.08. The number of amides is 1. The largest absolute Gasteiger partial charge is 0.481 e. The first kappa shape index (κ1) is 19.4. The summed E-state index contributed by atoms with van der Waals surface area (Å²) in [6, 6.07) is 2.49. The number of alkyl halides is 4. The van der Waals surface area contributed by atoms with Crippen molar-refractivity contribution in [2.75, 3.05) is 19.7 Å². The summed E-state index contributed by atoms with van der Waals surface area (Å²) in [5.41, 5.74) is 0.0126. The van der Waals surface area contributed by atoms with Gasteiger partial charge >= 0.3 is 18.3 Å². The van der Waals surface area contributed by atoms with Crippen molar-refractivity contribution in [2.24, 2.45) is 11.3 Å². The number of hydrogen-bond donors (Lipinski definition) is 1. The van der Waals surface area contributed by atoms with Crippen LogP contribution < -0.4 is 4.74 Å². The van der Waals surface area contributed by atoms with Gasteiger partial charge in [0.25, 0.3) is 5.91 Å². The summed E-state index contributed by atoms with van der Waals surface area (Å²) in [6.45, 7) is -0.646. The van der Waals surface area contributed by atoms with E-state index in [2.05, 4.69) is 9.72 Å². The van der Waals surface area contributed by atoms with E-state index in [1.54, 1.807) is 4.90 Å². The van der Waals surface area contributed by atoms with Crippen LogP contribution in [0.2, 0.25) is 0 Å². The van der Waals surface area contributed by atoms with E-state index in [-0.39, 0.29) is 28.7 Å².